The Morgan fingerprint density at radius 1 is 1.45 bits per heavy atom. The lowest BCUT2D eigenvalue weighted by molar-refractivity contribution is -0.132. The SMILES string of the molecule is CCN1CCCC1CN(C)C(=O)[C@@H](N)c1ccccc1. The molecule has 2 rings (SSSR count). The normalized spacial score (nSPS) is 20.9. The molecule has 4 heteroatoms. The second-order valence-corrected chi connectivity index (χ2v) is 5.53. The number of hydrogen-bond donors (Lipinski definition) is 1. The highest BCUT2D eigenvalue weighted by Gasteiger charge is 2.27. The number of amides is 1. The number of likely N-dealkylation sites (N-methyl/N-ethyl adjacent to an activating group) is 2. The van der Waals surface area contributed by atoms with E-state index in [2.05, 4.69) is 11.8 Å². The minimum atomic E-state index is -0.558. The van der Waals surface area contributed by atoms with Gasteiger partial charge in [0.2, 0.25) is 5.91 Å². The van der Waals surface area contributed by atoms with Gasteiger partial charge in [-0.3, -0.25) is 9.69 Å². The summed E-state index contributed by atoms with van der Waals surface area (Å²) in [6.07, 6.45) is 2.40. The average molecular weight is 275 g/mol. The Morgan fingerprint density at radius 3 is 2.80 bits per heavy atom. The lowest BCUT2D eigenvalue weighted by atomic mass is 10.1. The van der Waals surface area contributed by atoms with Crippen LogP contribution in [0, 0.1) is 0 Å². The van der Waals surface area contributed by atoms with Gasteiger partial charge in [-0.2, -0.15) is 0 Å². The number of carbonyl (C=O) groups is 1. The molecule has 0 bridgehead atoms. The molecule has 1 aromatic carbocycles. The predicted molar refractivity (Wildman–Crippen MR) is 81.3 cm³/mol. The van der Waals surface area contributed by atoms with Gasteiger partial charge >= 0.3 is 0 Å². The molecule has 0 saturated carbocycles. The van der Waals surface area contributed by atoms with Gasteiger partial charge in [0.15, 0.2) is 0 Å². The molecular formula is C16H25N3O. The predicted octanol–water partition coefficient (Wildman–Crippen LogP) is 1.63. The molecule has 1 aliphatic rings. The highest BCUT2D eigenvalue weighted by Crippen LogP contribution is 2.19. The van der Waals surface area contributed by atoms with Gasteiger partial charge in [0.25, 0.3) is 0 Å². The van der Waals surface area contributed by atoms with Gasteiger partial charge < -0.3 is 10.6 Å². The number of nitrogens with two attached hydrogens (primary N) is 1. The molecule has 110 valence electrons. The zero-order valence-electron chi connectivity index (χ0n) is 12.5. The van der Waals surface area contributed by atoms with Crippen molar-refractivity contribution in [1.29, 1.82) is 0 Å². The van der Waals surface area contributed by atoms with Crippen LogP contribution in [0.2, 0.25) is 0 Å². The van der Waals surface area contributed by atoms with Crippen molar-refractivity contribution in [3.05, 3.63) is 35.9 Å². The van der Waals surface area contributed by atoms with Crippen molar-refractivity contribution in [1.82, 2.24) is 9.80 Å². The van der Waals surface area contributed by atoms with Gasteiger partial charge in [-0.25, -0.2) is 0 Å². The summed E-state index contributed by atoms with van der Waals surface area (Å²) in [5, 5.41) is 0. The standard InChI is InChI=1S/C16H25N3O/c1-3-19-11-7-10-14(19)12-18(2)16(20)15(17)13-8-5-4-6-9-13/h4-6,8-9,14-15H,3,7,10-12,17H2,1-2H3/t14?,15-/m0/s1. The maximum atomic E-state index is 12.4. The number of nitrogens with zero attached hydrogens (tertiary/aromatic N) is 2. The molecule has 0 aromatic heterocycles. The van der Waals surface area contributed by atoms with Crippen molar-refractivity contribution >= 4 is 5.91 Å². The van der Waals surface area contributed by atoms with Gasteiger partial charge in [0, 0.05) is 19.6 Å². The highest BCUT2D eigenvalue weighted by molar-refractivity contribution is 5.82. The zero-order chi connectivity index (χ0) is 14.5. The van der Waals surface area contributed by atoms with Crippen molar-refractivity contribution in [3.63, 3.8) is 0 Å². The van der Waals surface area contributed by atoms with Crippen molar-refractivity contribution in [2.75, 3.05) is 26.7 Å². The third-order valence-electron chi connectivity index (χ3n) is 4.19. The fourth-order valence-electron chi connectivity index (χ4n) is 2.96. The average Bonchev–Trinajstić information content (AvgIpc) is 2.93. The van der Waals surface area contributed by atoms with E-state index >= 15 is 0 Å². The minimum Gasteiger partial charge on any atom is -0.343 e. The summed E-state index contributed by atoms with van der Waals surface area (Å²) in [4.78, 5) is 16.6. The second-order valence-electron chi connectivity index (χ2n) is 5.53. The molecule has 4 nitrogen and oxygen atoms in total. The number of rotatable bonds is 5. The summed E-state index contributed by atoms with van der Waals surface area (Å²) < 4.78 is 0. The van der Waals surface area contributed by atoms with Crippen molar-refractivity contribution in [2.45, 2.75) is 31.8 Å². The molecule has 0 radical (unpaired) electrons. The molecule has 1 aromatic rings. The van der Waals surface area contributed by atoms with Crippen LogP contribution < -0.4 is 5.73 Å². The summed E-state index contributed by atoms with van der Waals surface area (Å²) >= 11 is 0. The lowest BCUT2D eigenvalue weighted by Crippen LogP contribution is -2.44. The van der Waals surface area contributed by atoms with Crippen LogP contribution in [0.5, 0.6) is 0 Å². The van der Waals surface area contributed by atoms with Crippen molar-refractivity contribution in [3.8, 4) is 0 Å². The molecule has 1 amide bonds. The van der Waals surface area contributed by atoms with E-state index < -0.39 is 6.04 Å². The van der Waals surface area contributed by atoms with E-state index in [-0.39, 0.29) is 5.91 Å². The number of benzene rings is 1. The van der Waals surface area contributed by atoms with Gasteiger partial charge in [0.1, 0.15) is 6.04 Å². The molecule has 1 aliphatic heterocycles. The topological polar surface area (TPSA) is 49.6 Å². The Kier molecular flexibility index (Phi) is 5.15. The van der Waals surface area contributed by atoms with Gasteiger partial charge in [-0.15, -0.1) is 0 Å². The monoisotopic (exact) mass is 275 g/mol. The molecular weight excluding hydrogens is 250 g/mol. The van der Waals surface area contributed by atoms with Crippen LogP contribution in [0.15, 0.2) is 30.3 Å². The first kappa shape index (κ1) is 15.0. The molecule has 2 atom stereocenters. The second kappa shape index (κ2) is 6.86. The minimum absolute atomic E-state index is 0.000784. The number of hydrogen-bond acceptors (Lipinski definition) is 3. The van der Waals surface area contributed by atoms with E-state index in [1.807, 2.05) is 37.4 Å². The molecule has 1 unspecified atom stereocenters. The van der Waals surface area contributed by atoms with Crippen LogP contribution in [0.25, 0.3) is 0 Å². The summed E-state index contributed by atoms with van der Waals surface area (Å²) in [6, 6.07) is 9.50. The first-order valence-electron chi connectivity index (χ1n) is 7.43. The van der Waals surface area contributed by atoms with E-state index in [4.69, 9.17) is 5.73 Å². The summed E-state index contributed by atoms with van der Waals surface area (Å²) in [5.41, 5.74) is 6.95. The van der Waals surface area contributed by atoms with Crippen LogP contribution in [0.4, 0.5) is 0 Å². The fraction of sp³-hybridized carbons (Fsp3) is 0.562. The van der Waals surface area contributed by atoms with Crippen LogP contribution in [-0.2, 0) is 4.79 Å². The van der Waals surface area contributed by atoms with Gasteiger partial charge in [-0.05, 0) is 31.5 Å². The quantitative estimate of drug-likeness (QED) is 0.888. The molecule has 1 heterocycles. The first-order chi connectivity index (χ1) is 9.63. The Morgan fingerprint density at radius 2 is 2.15 bits per heavy atom. The van der Waals surface area contributed by atoms with E-state index in [1.165, 1.54) is 12.8 Å². The fourth-order valence-corrected chi connectivity index (χ4v) is 2.96. The van der Waals surface area contributed by atoms with E-state index in [0.717, 1.165) is 25.2 Å². The summed E-state index contributed by atoms with van der Waals surface area (Å²) in [6.45, 7) is 5.15. The number of likely N-dealkylation sites (tertiary alicyclic amines) is 1. The molecule has 0 spiro atoms. The zero-order valence-corrected chi connectivity index (χ0v) is 12.5. The largest absolute Gasteiger partial charge is 0.343 e. The summed E-state index contributed by atoms with van der Waals surface area (Å²) in [7, 11) is 1.86. The first-order valence-corrected chi connectivity index (χ1v) is 7.43. The van der Waals surface area contributed by atoms with Gasteiger partial charge in [0.05, 0.1) is 0 Å². The van der Waals surface area contributed by atoms with Gasteiger partial charge in [-0.1, -0.05) is 37.3 Å². The molecule has 2 N–H and O–H groups in total. The van der Waals surface area contributed by atoms with E-state index in [0.29, 0.717) is 6.04 Å². The smallest absolute Gasteiger partial charge is 0.243 e. The van der Waals surface area contributed by atoms with Crippen LogP contribution >= 0.6 is 0 Å². The van der Waals surface area contributed by atoms with Crippen LogP contribution in [-0.4, -0.2) is 48.4 Å². The van der Waals surface area contributed by atoms with Crippen LogP contribution in [0.1, 0.15) is 31.4 Å². The maximum absolute atomic E-state index is 12.4. The molecule has 20 heavy (non-hydrogen) atoms. The number of carbonyl (C=O) groups excluding carboxylic acids is 1. The third-order valence-corrected chi connectivity index (χ3v) is 4.19. The Balaban J connectivity index is 1.95. The third kappa shape index (κ3) is 3.38. The molecule has 0 aliphatic carbocycles. The molecule has 1 fully saturated rings. The van der Waals surface area contributed by atoms with Crippen LogP contribution in [0.3, 0.4) is 0 Å². The Hall–Kier alpha value is -1.39. The maximum Gasteiger partial charge on any atom is 0.243 e. The van der Waals surface area contributed by atoms with Crippen molar-refractivity contribution < 1.29 is 4.79 Å². The van der Waals surface area contributed by atoms with E-state index in [9.17, 15) is 4.79 Å². The molecule has 1 saturated heterocycles. The Bertz CT molecular complexity index is 435. The summed E-state index contributed by atoms with van der Waals surface area (Å²) in [5.74, 6) is -0.000784. The Labute approximate surface area is 121 Å². The van der Waals surface area contributed by atoms with E-state index in [1.54, 1.807) is 4.90 Å². The van der Waals surface area contributed by atoms with Crippen molar-refractivity contribution in [2.24, 2.45) is 5.73 Å². The highest BCUT2D eigenvalue weighted by atomic mass is 16.2. The lowest BCUT2D eigenvalue weighted by Gasteiger charge is -2.29.